The van der Waals surface area contributed by atoms with E-state index in [1.165, 1.54) is 4.88 Å². The fourth-order valence-electron chi connectivity index (χ4n) is 1.99. The maximum absolute atomic E-state index is 12.0. The molecule has 2 aromatic rings. The molecule has 0 aromatic carbocycles. The van der Waals surface area contributed by atoms with Gasteiger partial charge in [0, 0.05) is 22.8 Å². The van der Waals surface area contributed by atoms with Gasteiger partial charge in [-0.1, -0.05) is 6.92 Å². The summed E-state index contributed by atoms with van der Waals surface area (Å²) in [6.07, 6.45) is 6.12. The third-order valence-electron chi connectivity index (χ3n) is 3.20. The molecule has 2 N–H and O–H groups in total. The fraction of sp³-hybridized carbons (Fsp3) is 0.400. The Labute approximate surface area is 133 Å². The van der Waals surface area contributed by atoms with Crippen LogP contribution in [0.2, 0.25) is 0 Å². The largest absolute Gasteiger partial charge is 0.495 e. The highest BCUT2D eigenvalue weighted by Crippen LogP contribution is 2.23. The molecular formula is C15H20N4O2S. The first-order valence-corrected chi connectivity index (χ1v) is 7.91. The molecule has 0 radical (unpaired) electrons. The van der Waals surface area contributed by atoms with Gasteiger partial charge in [-0.3, -0.25) is 4.98 Å². The van der Waals surface area contributed by atoms with Crippen molar-refractivity contribution in [3.63, 3.8) is 0 Å². The number of carbonyl (C=O) groups excluding carboxylic acids is 1. The molecule has 0 aliphatic heterocycles. The summed E-state index contributed by atoms with van der Waals surface area (Å²) in [4.78, 5) is 21.5. The molecule has 7 heteroatoms. The van der Waals surface area contributed by atoms with E-state index in [0.717, 1.165) is 17.0 Å². The standard InChI is InChI=1S/C15H20N4O2S/c1-4-11-7-17-14(22-11)9-18-15(20)19-10(2)12-5-6-16-8-13(12)21-3/h5-8,10H,4,9H2,1-3H3,(H2,18,19,20)/t10-/m1/s1. The van der Waals surface area contributed by atoms with Crippen LogP contribution in [0.3, 0.4) is 0 Å². The SMILES string of the molecule is CCc1cnc(CNC(=O)N[C@H](C)c2ccncc2OC)s1. The van der Waals surface area contributed by atoms with Crippen molar-refractivity contribution in [3.8, 4) is 5.75 Å². The predicted molar refractivity (Wildman–Crippen MR) is 86.1 cm³/mol. The smallest absolute Gasteiger partial charge is 0.315 e. The summed E-state index contributed by atoms with van der Waals surface area (Å²) >= 11 is 1.61. The molecule has 0 bridgehead atoms. The Hall–Kier alpha value is -2.15. The minimum Gasteiger partial charge on any atom is -0.495 e. The zero-order valence-electron chi connectivity index (χ0n) is 12.9. The Bertz CT molecular complexity index is 630. The van der Waals surface area contributed by atoms with Crippen molar-refractivity contribution < 1.29 is 9.53 Å². The van der Waals surface area contributed by atoms with Crippen molar-refractivity contribution in [2.45, 2.75) is 32.9 Å². The van der Waals surface area contributed by atoms with Gasteiger partial charge in [-0.2, -0.15) is 0 Å². The van der Waals surface area contributed by atoms with Gasteiger partial charge in [0.05, 0.1) is 25.9 Å². The van der Waals surface area contributed by atoms with Gasteiger partial charge in [0.2, 0.25) is 0 Å². The number of methoxy groups -OCH3 is 1. The van der Waals surface area contributed by atoms with Crippen LogP contribution in [0.1, 0.15) is 35.3 Å². The van der Waals surface area contributed by atoms with Crippen LogP contribution in [0.5, 0.6) is 5.75 Å². The van der Waals surface area contributed by atoms with E-state index in [0.29, 0.717) is 12.3 Å². The first-order chi connectivity index (χ1) is 10.6. The van der Waals surface area contributed by atoms with Crippen molar-refractivity contribution in [1.29, 1.82) is 0 Å². The Morgan fingerprint density at radius 3 is 2.95 bits per heavy atom. The summed E-state index contributed by atoms with van der Waals surface area (Å²) in [5, 5.41) is 6.60. The van der Waals surface area contributed by atoms with Crippen LogP contribution >= 0.6 is 11.3 Å². The van der Waals surface area contributed by atoms with E-state index in [9.17, 15) is 4.79 Å². The highest BCUT2D eigenvalue weighted by atomic mass is 32.1. The molecule has 2 rings (SSSR count). The predicted octanol–water partition coefficient (Wildman–Crippen LogP) is 2.67. The van der Waals surface area contributed by atoms with Crippen LogP contribution in [0, 0.1) is 0 Å². The van der Waals surface area contributed by atoms with Gasteiger partial charge in [-0.15, -0.1) is 11.3 Å². The van der Waals surface area contributed by atoms with Crippen LogP contribution < -0.4 is 15.4 Å². The molecule has 118 valence electrons. The van der Waals surface area contributed by atoms with E-state index >= 15 is 0 Å². The molecule has 6 nitrogen and oxygen atoms in total. The highest BCUT2D eigenvalue weighted by Gasteiger charge is 2.14. The van der Waals surface area contributed by atoms with Crippen LogP contribution in [-0.4, -0.2) is 23.1 Å². The second-order valence-electron chi connectivity index (χ2n) is 4.74. The molecule has 2 heterocycles. The first kappa shape index (κ1) is 16.2. The maximum Gasteiger partial charge on any atom is 0.315 e. The molecule has 0 aliphatic rings. The third kappa shape index (κ3) is 4.17. The molecule has 22 heavy (non-hydrogen) atoms. The van der Waals surface area contributed by atoms with E-state index in [1.807, 2.05) is 19.2 Å². The fourth-order valence-corrected chi connectivity index (χ4v) is 2.80. The van der Waals surface area contributed by atoms with Crippen LogP contribution in [0.15, 0.2) is 24.7 Å². The molecule has 1 atom stereocenters. The van der Waals surface area contributed by atoms with E-state index < -0.39 is 0 Å². The summed E-state index contributed by atoms with van der Waals surface area (Å²) in [6, 6.07) is 1.41. The minimum atomic E-state index is -0.236. The van der Waals surface area contributed by atoms with Crippen LogP contribution in [0.25, 0.3) is 0 Å². The lowest BCUT2D eigenvalue weighted by molar-refractivity contribution is 0.237. The number of hydrogen-bond acceptors (Lipinski definition) is 5. The van der Waals surface area contributed by atoms with Crippen molar-refractivity contribution in [1.82, 2.24) is 20.6 Å². The summed E-state index contributed by atoms with van der Waals surface area (Å²) in [5.74, 6) is 0.655. The van der Waals surface area contributed by atoms with Crippen LogP contribution in [0.4, 0.5) is 4.79 Å². The normalized spacial score (nSPS) is 11.8. The summed E-state index contributed by atoms with van der Waals surface area (Å²) in [5.41, 5.74) is 0.884. The second kappa shape index (κ2) is 7.74. The molecule has 2 amide bonds. The van der Waals surface area contributed by atoms with E-state index in [-0.39, 0.29) is 12.1 Å². The summed E-state index contributed by atoms with van der Waals surface area (Å²) < 4.78 is 5.25. The zero-order valence-corrected chi connectivity index (χ0v) is 13.7. The first-order valence-electron chi connectivity index (χ1n) is 7.09. The molecular weight excluding hydrogens is 300 g/mol. The molecule has 0 saturated carbocycles. The van der Waals surface area contributed by atoms with Gasteiger partial charge in [-0.25, -0.2) is 9.78 Å². The summed E-state index contributed by atoms with van der Waals surface area (Å²) in [6.45, 7) is 4.41. The van der Waals surface area contributed by atoms with Crippen molar-refractivity contribution in [2.75, 3.05) is 7.11 Å². The number of pyridine rings is 1. The lowest BCUT2D eigenvalue weighted by Crippen LogP contribution is -2.36. The van der Waals surface area contributed by atoms with Gasteiger partial charge in [0.1, 0.15) is 10.8 Å². The molecule has 0 saturated heterocycles. The number of thiazole rings is 1. The number of amides is 2. The van der Waals surface area contributed by atoms with Gasteiger partial charge in [0.25, 0.3) is 0 Å². The van der Waals surface area contributed by atoms with Crippen molar-refractivity contribution in [2.24, 2.45) is 0 Å². The Morgan fingerprint density at radius 2 is 2.27 bits per heavy atom. The number of aryl methyl sites for hydroxylation is 1. The minimum absolute atomic E-state index is 0.180. The van der Waals surface area contributed by atoms with Crippen LogP contribution in [-0.2, 0) is 13.0 Å². The molecule has 0 aliphatic carbocycles. The van der Waals surface area contributed by atoms with E-state index in [2.05, 4.69) is 27.5 Å². The summed E-state index contributed by atoms with van der Waals surface area (Å²) in [7, 11) is 1.58. The van der Waals surface area contributed by atoms with Gasteiger partial charge >= 0.3 is 6.03 Å². The number of ether oxygens (including phenoxy) is 1. The van der Waals surface area contributed by atoms with Crippen molar-refractivity contribution in [3.05, 3.63) is 40.1 Å². The number of nitrogens with zero attached hydrogens (tertiary/aromatic N) is 2. The van der Waals surface area contributed by atoms with Gasteiger partial charge in [-0.05, 0) is 19.4 Å². The van der Waals surface area contributed by atoms with Crippen molar-refractivity contribution >= 4 is 17.4 Å². The molecule has 0 spiro atoms. The second-order valence-corrected chi connectivity index (χ2v) is 5.94. The monoisotopic (exact) mass is 320 g/mol. The molecule has 0 unspecified atom stereocenters. The lowest BCUT2D eigenvalue weighted by atomic mass is 10.1. The average Bonchev–Trinajstić information content (AvgIpc) is 3.01. The topological polar surface area (TPSA) is 76.1 Å². The zero-order chi connectivity index (χ0) is 15.9. The average molecular weight is 320 g/mol. The van der Waals surface area contributed by atoms with Gasteiger partial charge < -0.3 is 15.4 Å². The number of carbonyl (C=O) groups is 1. The van der Waals surface area contributed by atoms with Gasteiger partial charge in [0.15, 0.2) is 0 Å². The number of hydrogen-bond donors (Lipinski definition) is 2. The highest BCUT2D eigenvalue weighted by molar-refractivity contribution is 7.11. The van der Waals surface area contributed by atoms with E-state index in [4.69, 9.17) is 4.74 Å². The molecule has 0 fully saturated rings. The number of urea groups is 1. The lowest BCUT2D eigenvalue weighted by Gasteiger charge is -2.17. The Kier molecular flexibility index (Phi) is 5.71. The maximum atomic E-state index is 12.0. The number of rotatable bonds is 6. The number of nitrogens with one attached hydrogen (secondary N) is 2. The molecule has 2 aromatic heterocycles. The Balaban J connectivity index is 1.88. The Morgan fingerprint density at radius 1 is 1.45 bits per heavy atom. The quantitative estimate of drug-likeness (QED) is 0.858. The number of aromatic nitrogens is 2. The third-order valence-corrected chi connectivity index (χ3v) is 4.34. The van der Waals surface area contributed by atoms with E-state index in [1.54, 1.807) is 30.8 Å².